The summed E-state index contributed by atoms with van der Waals surface area (Å²) < 4.78 is 0. The molecular formula is C10H13ClN2. The molecule has 1 heterocycles. The monoisotopic (exact) mass is 196 g/mol. The van der Waals surface area contributed by atoms with Gasteiger partial charge in [-0.2, -0.15) is 0 Å². The molecule has 70 valence electrons. The third kappa shape index (κ3) is 1.59. The lowest BCUT2D eigenvalue weighted by Gasteiger charge is -2.20. The molecule has 0 atom stereocenters. The van der Waals surface area contributed by atoms with Gasteiger partial charge in [-0.05, 0) is 25.0 Å². The van der Waals surface area contributed by atoms with E-state index in [9.17, 15) is 0 Å². The molecule has 0 saturated carbocycles. The summed E-state index contributed by atoms with van der Waals surface area (Å²) >= 11 is 6.09. The average Bonchev–Trinajstić information content (AvgIpc) is 2.57. The van der Waals surface area contributed by atoms with Gasteiger partial charge in [-0.25, -0.2) is 0 Å². The number of hydrogen-bond donors (Lipinski definition) is 1. The van der Waals surface area contributed by atoms with Crippen LogP contribution >= 0.6 is 11.6 Å². The maximum Gasteiger partial charge on any atom is 0.0789 e. The predicted molar refractivity (Wildman–Crippen MR) is 57.3 cm³/mol. The molecule has 1 aliphatic heterocycles. The van der Waals surface area contributed by atoms with Gasteiger partial charge in [0.2, 0.25) is 0 Å². The van der Waals surface area contributed by atoms with E-state index in [2.05, 4.69) is 4.90 Å². The smallest absolute Gasteiger partial charge is 0.0789 e. The highest BCUT2D eigenvalue weighted by atomic mass is 35.5. The van der Waals surface area contributed by atoms with Crippen molar-refractivity contribution in [3.63, 3.8) is 0 Å². The van der Waals surface area contributed by atoms with Crippen LogP contribution in [0.15, 0.2) is 18.2 Å². The van der Waals surface area contributed by atoms with Crippen LogP contribution < -0.4 is 10.6 Å². The SMILES string of the molecule is Nc1cccc(Cl)c1N1CCCC1. The Labute approximate surface area is 83.3 Å². The van der Waals surface area contributed by atoms with Crippen LogP contribution in [0.2, 0.25) is 5.02 Å². The van der Waals surface area contributed by atoms with Crippen LogP contribution in [0.5, 0.6) is 0 Å². The Hall–Kier alpha value is -0.890. The van der Waals surface area contributed by atoms with E-state index in [1.54, 1.807) is 0 Å². The number of para-hydroxylation sites is 1. The van der Waals surface area contributed by atoms with Gasteiger partial charge < -0.3 is 10.6 Å². The molecule has 0 bridgehead atoms. The minimum atomic E-state index is 0.766. The van der Waals surface area contributed by atoms with E-state index < -0.39 is 0 Å². The van der Waals surface area contributed by atoms with Crippen LogP contribution in [0.25, 0.3) is 0 Å². The van der Waals surface area contributed by atoms with Gasteiger partial charge >= 0.3 is 0 Å². The Morgan fingerprint density at radius 1 is 1.23 bits per heavy atom. The van der Waals surface area contributed by atoms with Crippen LogP contribution in [-0.2, 0) is 0 Å². The second-order valence-electron chi connectivity index (χ2n) is 3.37. The first kappa shape index (κ1) is 8.70. The molecule has 1 aromatic rings. The maximum atomic E-state index is 6.09. The molecule has 1 aromatic carbocycles. The normalized spacial score (nSPS) is 16.5. The van der Waals surface area contributed by atoms with Gasteiger partial charge in [-0.1, -0.05) is 17.7 Å². The number of hydrogen-bond acceptors (Lipinski definition) is 2. The molecule has 2 nitrogen and oxygen atoms in total. The molecule has 0 unspecified atom stereocenters. The van der Waals surface area contributed by atoms with Gasteiger partial charge in [0, 0.05) is 13.1 Å². The van der Waals surface area contributed by atoms with Gasteiger partial charge in [-0.15, -0.1) is 0 Å². The number of halogens is 1. The zero-order valence-corrected chi connectivity index (χ0v) is 8.22. The van der Waals surface area contributed by atoms with Crippen LogP contribution in [-0.4, -0.2) is 13.1 Å². The number of benzene rings is 1. The number of nitrogen functional groups attached to an aromatic ring is 1. The minimum absolute atomic E-state index is 0.766. The molecule has 1 fully saturated rings. The van der Waals surface area contributed by atoms with Crippen LogP contribution in [0.4, 0.5) is 11.4 Å². The lowest BCUT2D eigenvalue weighted by molar-refractivity contribution is 0.949. The average molecular weight is 197 g/mol. The van der Waals surface area contributed by atoms with Gasteiger partial charge in [0.25, 0.3) is 0 Å². The van der Waals surface area contributed by atoms with Crippen molar-refractivity contribution in [2.45, 2.75) is 12.8 Å². The van der Waals surface area contributed by atoms with Crippen LogP contribution in [0.3, 0.4) is 0 Å². The molecule has 0 aromatic heterocycles. The third-order valence-corrected chi connectivity index (χ3v) is 2.75. The second kappa shape index (κ2) is 3.46. The molecule has 1 aliphatic rings. The molecule has 13 heavy (non-hydrogen) atoms. The van der Waals surface area contributed by atoms with Gasteiger partial charge in [0.1, 0.15) is 0 Å². The first-order valence-electron chi connectivity index (χ1n) is 4.58. The fraction of sp³-hybridized carbons (Fsp3) is 0.400. The van der Waals surface area contributed by atoms with Crippen LogP contribution in [0.1, 0.15) is 12.8 Å². The van der Waals surface area contributed by atoms with Crippen molar-refractivity contribution in [1.82, 2.24) is 0 Å². The van der Waals surface area contributed by atoms with E-state index >= 15 is 0 Å². The molecular weight excluding hydrogens is 184 g/mol. The maximum absolute atomic E-state index is 6.09. The molecule has 2 N–H and O–H groups in total. The highest BCUT2D eigenvalue weighted by Crippen LogP contribution is 2.33. The summed E-state index contributed by atoms with van der Waals surface area (Å²) in [5.74, 6) is 0. The van der Waals surface area contributed by atoms with Gasteiger partial charge in [0.15, 0.2) is 0 Å². The molecule has 3 heteroatoms. The fourth-order valence-electron chi connectivity index (χ4n) is 1.81. The van der Waals surface area contributed by atoms with E-state index in [4.69, 9.17) is 17.3 Å². The summed E-state index contributed by atoms with van der Waals surface area (Å²) in [6.45, 7) is 2.15. The topological polar surface area (TPSA) is 29.3 Å². The summed E-state index contributed by atoms with van der Waals surface area (Å²) in [5.41, 5.74) is 7.68. The predicted octanol–water partition coefficient (Wildman–Crippen LogP) is 2.52. The van der Waals surface area contributed by atoms with Crippen molar-refractivity contribution in [2.75, 3.05) is 23.7 Å². The molecule has 0 aliphatic carbocycles. The summed E-state index contributed by atoms with van der Waals surface area (Å²) in [6, 6.07) is 5.68. The van der Waals surface area contributed by atoms with Crippen molar-refractivity contribution in [1.29, 1.82) is 0 Å². The van der Waals surface area contributed by atoms with Gasteiger partial charge in [-0.3, -0.25) is 0 Å². The van der Waals surface area contributed by atoms with Gasteiger partial charge in [0.05, 0.1) is 16.4 Å². The summed E-state index contributed by atoms with van der Waals surface area (Å²) in [6.07, 6.45) is 2.48. The fourth-order valence-corrected chi connectivity index (χ4v) is 2.11. The standard InChI is InChI=1S/C10H13ClN2/c11-8-4-3-5-9(12)10(8)13-6-1-2-7-13/h3-5H,1-2,6-7,12H2. The molecule has 1 saturated heterocycles. The Balaban J connectivity index is 2.37. The first-order chi connectivity index (χ1) is 6.29. The van der Waals surface area contributed by atoms with E-state index in [1.165, 1.54) is 12.8 Å². The molecule has 0 amide bonds. The molecule has 0 spiro atoms. The van der Waals surface area contributed by atoms with E-state index in [-0.39, 0.29) is 0 Å². The van der Waals surface area contributed by atoms with E-state index in [1.807, 2.05) is 18.2 Å². The highest BCUT2D eigenvalue weighted by molar-refractivity contribution is 6.34. The quantitative estimate of drug-likeness (QED) is 0.700. The Morgan fingerprint density at radius 2 is 1.92 bits per heavy atom. The van der Waals surface area contributed by atoms with E-state index in [0.717, 1.165) is 29.5 Å². The summed E-state index contributed by atoms with van der Waals surface area (Å²) in [7, 11) is 0. The number of anilines is 2. The van der Waals surface area contributed by atoms with Crippen LogP contribution in [0, 0.1) is 0 Å². The first-order valence-corrected chi connectivity index (χ1v) is 4.96. The lowest BCUT2D eigenvalue weighted by Crippen LogP contribution is -2.19. The van der Waals surface area contributed by atoms with Crippen molar-refractivity contribution in [2.24, 2.45) is 0 Å². The third-order valence-electron chi connectivity index (χ3n) is 2.44. The molecule has 2 rings (SSSR count). The number of nitrogens with two attached hydrogens (primary N) is 1. The number of rotatable bonds is 1. The Morgan fingerprint density at radius 3 is 2.54 bits per heavy atom. The minimum Gasteiger partial charge on any atom is -0.397 e. The van der Waals surface area contributed by atoms with Crippen molar-refractivity contribution >= 4 is 23.0 Å². The van der Waals surface area contributed by atoms with Crippen molar-refractivity contribution in [3.8, 4) is 0 Å². The highest BCUT2D eigenvalue weighted by Gasteiger charge is 2.16. The van der Waals surface area contributed by atoms with Crippen molar-refractivity contribution in [3.05, 3.63) is 23.2 Å². The zero-order chi connectivity index (χ0) is 9.26. The van der Waals surface area contributed by atoms with E-state index in [0.29, 0.717) is 0 Å². The summed E-state index contributed by atoms with van der Waals surface area (Å²) in [4.78, 5) is 2.26. The lowest BCUT2D eigenvalue weighted by atomic mass is 10.2. The Bertz CT molecular complexity index is 286. The molecule has 0 radical (unpaired) electrons. The Kier molecular flexibility index (Phi) is 2.32. The zero-order valence-electron chi connectivity index (χ0n) is 7.46. The second-order valence-corrected chi connectivity index (χ2v) is 3.78. The largest absolute Gasteiger partial charge is 0.397 e. The van der Waals surface area contributed by atoms with Crippen molar-refractivity contribution < 1.29 is 0 Å². The number of nitrogens with zero attached hydrogens (tertiary/aromatic N) is 1. The summed E-state index contributed by atoms with van der Waals surface area (Å²) in [5, 5.41) is 0.766.